The zero-order valence-corrected chi connectivity index (χ0v) is 10.4. The minimum atomic E-state index is -0.258. The summed E-state index contributed by atoms with van der Waals surface area (Å²) in [5.74, 6) is 0.397. The van der Waals surface area contributed by atoms with Gasteiger partial charge in [0.15, 0.2) is 0 Å². The quantitative estimate of drug-likeness (QED) is 0.833. The fourth-order valence-electron chi connectivity index (χ4n) is 2.23. The molecule has 1 aliphatic heterocycles. The van der Waals surface area contributed by atoms with Gasteiger partial charge in [0, 0.05) is 6.54 Å². The predicted octanol–water partition coefficient (Wildman–Crippen LogP) is 3.68. The Morgan fingerprint density at radius 1 is 1.44 bits per heavy atom. The summed E-state index contributed by atoms with van der Waals surface area (Å²) in [6.07, 6.45) is 1.11. The maximum absolute atomic E-state index is 13.8. The Hall–Kier alpha value is -0.600. The molecule has 0 radical (unpaired) electrons. The van der Waals surface area contributed by atoms with Crippen molar-refractivity contribution in [3.8, 4) is 0 Å². The minimum Gasteiger partial charge on any atom is -0.316 e. The smallest absolute Gasteiger partial charge is 0.145 e. The fourth-order valence-corrected chi connectivity index (χ4v) is 2.46. The molecule has 2 rings (SSSR count). The van der Waals surface area contributed by atoms with Gasteiger partial charge in [-0.3, -0.25) is 0 Å². The SMILES string of the molecule is CC(C)c1cc(C2CCNC2)cc(Cl)c1F. The molecule has 1 aromatic carbocycles. The van der Waals surface area contributed by atoms with E-state index in [1.165, 1.54) is 5.56 Å². The molecule has 16 heavy (non-hydrogen) atoms. The molecule has 0 saturated carbocycles. The van der Waals surface area contributed by atoms with Crippen LogP contribution < -0.4 is 5.32 Å². The van der Waals surface area contributed by atoms with Crippen LogP contribution in [0.15, 0.2) is 12.1 Å². The van der Waals surface area contributed by atoms with Crippen molar-refractivity contribution in [3.05, 3.63) is 34.1 Å². The highest BCUT2D eigenvalue weighted by atomic mass is 35.5. The van der Waals surface area contributed by atoms with E-state index in [9.17, 15) is 4.39 Å². The van der Waals surface area contributed by atoms with Crippen molar-refractivity contribution in [1.29, 1.82) is 0 Å². The number of hydrogen-bond acceptors (Lipinski definition) is 1. The first kappa shape index (κ1) is 11.9. The van der Waals surface area contributed by atoms with Crippen LogP contribution in [0, 0.1) is 5.82 Å². The van der Waals surface area contributed by atoms with Crippen molar-refractivity contribution >= 4 is 11.6 Å². The first-order valence-electron chi connectivity index (χ1n) is 5.79. The normalized spacial score (nSPS) is 20.7. The third kappa shape index (κ3) is 2.23. The van der Waals surface area contributed by atoms with E-state index in [4.69, 9.17) is 11.6 Å². The lowest BCUT2D eigenvalue weighted by Gasteiger charge is -2.15. The Labute approximate surface area is 101 Å². The van der Waals surface area contributed by atoms with Crippen molar-refractivity contribution in [2.75, 3.05) is 13.1 Å². The van der Waals surface area contributed by atoms with E-state index in [1.807, 2.05) is 19.9 Å². The van der Waals surface area contributed by atoms with E-state index in [0.29, 0.717) is 5.92 Å². The summed E-state index contributed by atoms with van der Waals surface area (Å²) in [5.41, 5.74) is 1.90. The van der Waals surface area contributed by atoms with Crippen molar-refractivity contribution < 1.29 is 4.39 Å². The Morgan fingerprint density at radius 3 is 2.75 bits per heavy atom. The highest BCUT2D eigenvalue weighted by molar-refractivity contribution is 6.30. The molecule has 1 aromatic rings. The van der Waals surface area contributed by atoms with E-state index in [-0.39, 0.29) is 16.8 Å². The summed E-state index contributed by atoms with van der Waals surface area (Å²) in [5, 5.41) is 3.57. The second kappa shape index (κ2) is 4.72. The van der Waals surface area contributed by atoms with Gasteiger partial charge in [-0.1, -0.05) is 31.5 Å². The number of benzene rings is 1. The standard InChI is InChI=1S/C13H17ClFN/c1-8(2)11-5-10(6-12(14)13(11)15)9-3-4-16-7-9/h5-6,8-9,16H,3-4,7H2,1-2H3. The Balaban J connectivity index is 2.39. The van der Waals surface area contributed by atoms with Crippen LogP contribution in [0.4, 0.5) is 4.39 Å². The number of nitrogens with one attached hydrogen (secondary N) is 1. The molecule has 1 nitrogen and oxygen atoms in total. The van der Waals surface area contributed by atoms with E-state index in [2.05, 4.69) is 5.32 Å². The zero-order chi connectivity index (χ0) is 11.7. The van der Waals surface area contributed by atoms with Crippen molar-refractivity contribution in [2.45, 2.75) is 32.1 Å². The van der Waals surface area contributed by atoms with Crippen molar-refractivity contribution in [1.82, 2.24) is 5.32 Å². The predicted molar refractivity (Wildman–Crippen MR) is 65.7 cm³/mol. The third-order valence-electron chi connectivity index (χ3n) is 3.23. The molecule has 1 unspecified atom stereocenters. The van der Waals surface area contributed by atoms with Crippen LogP contribution in [-0.4, -0.2) is 13.1 Å². The fraction of sp³-hybridized carbons (Fsp3) is 0.538. The summed E-state index contributed by atoms with van der Waals surface area (Å²) in [6.45, 7) is 5.99. The molecule has 88 valence electrons. The van der Waals surface area contributed by atoms with Crippen molar-refractivity contribution in [3.63, 3.8) is 0 Å². The molecule has 1 aliphatic rings. The molecular weight excluding hydrogens is 225 g/mol. The van der Waals surface area contributed by atoms with E-state index >= 15 is 0 Å². The van der Waals surface area contributed by atoms with Crippen molar-refractivity contribution in [2.24, 2.45) is 0 Å². The molecule has 0 amide bonds. The molecule has 1 fully saturated rings. The largest absolute Gasteiger partial charge is 0.316 e. The zero-order valence-electron chi connectivity index (χ0n) is 9.69. The molecule has 0 aliphatic carbocycles. The van der Waals surface area contributed by atoms with Crippen LogP contribution in [0.1, 0.15) is 43.2 Å². The van der Waals surface area contributed by atoms with Gasteiger partial charge in [0.1, 0.15) is 5.82 Å². The van der Waals surface area contributed by atoms with Gasteiger partial charge in [-0.15, -0.1) is 0 Å². The molecular formula is C13H17ClFN. The van der Waals surface area contributed by atoms with Gasteiger partial charge < -0.3 is 5.32 Å². The molecule has 1 N–H and O–H groups in total. The summed E-state index contributed by atoms with van der Waals surface area (Å²) in [6, 6.07) is 3.75. The maximum atomic E-state index is 13.8. The van der Waals surface area contributed by atoms with Crippen LogP contribution in [0.2, 0.25) is 5.02 Å². The lowest BCUT2D eigenvalue weighted by Crippen LogP contribution is -2.08. The molecule has 1 heterocycles. The monoisotopic (exact) mass is 241 g/mol. The topological polar surface area (TPSA) is 12.0 Å². The number of hydrogen-bond donors (Lipinski definition) is 1. The van der Waals surface area contributed by atoms with Gasteiger partial charge in [-0.25, -0.2) is 4.39 Å². The van der Waals surface area contributed by atoms with Crippen LogP contribution in [0.5, 0.6) is 0 Å². The molecule has 0 aromatic heterocycles. The summed E-state index contributed by atoms with van der Waals surface area (Å²) in [7, 11) is 0. The lowest BCUT2D eigenvalue weighted by atomic mass is 9.93. The van der Waals surface area contributed by atoms with Gasteiger partial charge in [0.2, 0.25) is 0 Å². The number of rotatable bonds is 2. The molecule has 3 heteroatoms. The van der Waals surface area contributed by atoms with Gasteiger partial charge in [0.25, 0.3) is 0 Å². The average Bonchev–Trinajstić information content (AvgIpc) is 2.74. The van der Waals surface area contributed by atoms with Gasteiger partial charge in [-0.05, 0) is 42.0 Å². The Kier molecular flexibility index (Phi) is 3.50. The Morgan fingerprint density at radius 2 is 2.19 bits per heavy atom. The number of halogens is 2. The van der Waals surface area contributed by atoms with E-state index in [0.717, 1.165) is 25.1 Å². The average molecular weight is 242 g/mol. The van der Waals surface area contributed by atoms with Gasteiger partial charge >= 0.3 is 0 Å². The van der Waals surface area contributed by atoms with E-state index in [1.54, 1.807) is 6.07 Å². The first-order valence-corrected chi connectivity index (χ1v) is 6.17. The lowest BCUT2D eigenvalue weighted by molar-refractivity contribution is 0.595. The van der Waals surface area contributed by atoms with Gasteiger partial charge in [0.05, 0.1) is 5.02 Å². The molecule has 0 spiro atoms. The Bertz CT molecular complexity index is 384. The van der Waals surface area contributed by atoms with Gasteiger partial charge in [-0.2, -0.15) is 0 Å². The molecule has 0 bridgehead atoms. The van der Waals surface area contributed by atoms with Crippen LogP contribution in [-0.2, 0) is 0 Å². The minimum absolute atomic E-state index is 0.173. The van der Waals surface area contributed by atoms with E-state index < -0.39 is 0 Å². The maximum Gasteiger partial charge on any atom is 0.145 e. The first-order chi connectivity index (χ1) is 7.59. The highest BCUT2D eigenvalue weighted by Gasteiger charge is 2.20. The van der Waals surface area contributed by atoms with Crippen LogP contribution in [0.25, 0.3) is 0 Å². The second-order valence-electron chi connectivity index (χ2n) is 4.75. The summed E-state index contributed by atoms with van der Waals surface area (Å²) in [4.78, 5) is 0. The third-order valence-corrected chi connectivity index (χ3v) is 3.51. The molecule has 1 saturated heterocycles. The second-order valence-corrected chi connectivity index (χ2v) is 5.16. The van der Waals surface area contributed by atoms with Crippen LogP contribution in [0.3, 0.4) is 0 Å². The summed E-state index contributed by atoms with van der Waals surface area (Å²) >= 11 is 5.95. The summed E-state index contributed by atoms with van der Waals surface area (Å²) < 4.78 is 13.8. The molecule has 1 atom stereocenters. The highest BCUT2D eigenvalue weighted by Crippen LogP contribution is 2.31. The van der Waals surface area contributed by atoms with Crippen LogP contribution >= 0.6 is 11.6 Å².